The first kappa shape index (κ1) is 22.5. The third-order valence-electron chi connectivity index (χ3n) is 4.95. The SMILES string of the molecule is Cl.Cl.Cn1c(-c2ccc(OCCN)cc2Cl)nnc1C1(c2ccccc2)CC1. The number of nitrogens with zero attached hydrogens (tertiary/aromatic N) is 3. The van der Waals surface area contributed by atoms with Crippen LogP contribution < -0.4 is 10.5 Å². The maximum Gasteiger partial charge on any atom is 0.165 e. The summed E-state index contributed by atoms with van der Waals surface area (Å²) in [6.45, 7) is 0.928. The van der Waals surface area contributed by atoms with E-state index in [4.69, 9.17) is 22.1 Å². The molecule has 0 radical (unpaired) electrons. The van der Waals surface area contributed by atoms with Crippen LogP contribution in [0.25, 0.3) is 11.4 Å². The Kier molecular flexibility index (Phi) is 7.34. The van der Waals surface area contributed by atoms with Crippen molar-refractivity contribution in [3.63, 3.8) is 0 Å². The number of aromatic nitrogens is 3. The predicted octanol–water partition coefficient (Wildman–Crippen LogP) is 4.40. The molecule has 0 unspecified atom stereocenters. The molecular formula is C20H23Cl3N4O. The van der Waals surface area contributed by atoms with E-state index in [2.05, 4.69) is 39.0 Å². The Balaban J connectivity index is 0.00000140. The molecule has 1 heterocycles. The predicted molar refractivity (Wildman–Crippen MR) is 117 cm³/mol. The fourth-order valence-corrected chi connectivity index (χ4v) is 3.70. The summed E-state index contributed by atoms with van der Waals surface area (Å²) in [6, 6.07) is 16.1. The average molecular weight is 442 g/mol. The lowest BCUT2D eigenvalue weighted by Gasteiger charge is -2.15. The van der Waals surface area contributed by atoms with Gasteiger partial charge >= 0.3 is 0 Å². The number of hydrogen-bond acceptors (Lipinski definition) is 4. The van der Waals surface area contributed by atoms with Crippen molar-refractivity contribution in [2.24, 2.45) is 12.8 Å². The number of ether oxygens (including phenoxy) is 1. The summed E-state index contributed by atoms with van der Waals surface area (Å²) in [5.74, 6) is 2.45. The van der Waals surface area contributed by atoms with Gasteiger partial charge in [-0.1, -0.05) is 41.9 Å². The number of hydrogen-bond donors (Lipinski definition) is 1. The van der Waals surface area contributed by atoms with Gasteiger partial charge in [-0.2, -0.15) is 0 Å². The molecule has 3 aromatic rings. The summed E-state index contributed by atoms with van der Waals surface area (Å²) >= 11 is 6.48. The molecule has 1 aliphatic rings. The average Bonchev–Trinajstić information content (AvgIpc) is 3.38. The van der Waals surface area contributed by atoms with Crippen molar-refractivity contribution in [1.82, 2.24) is 14.8 Å². The summed E-state index contributed by atoms with van der Waals surface area (Å²) in [5, 5.41) is 9.55. The van der Waals surface area contributed by atoms with Crippen molar-refractivity contribution in [1.29, 1.82) is 0 Å². The molecule has 2 aromatic carbocycles. The third kappa shape index (κ3) is 3.98. The van der Waals surface area contributed by atoms with Crippen LogP contribution in [-0.2, 0) is 12.5 Å². The maximum atomic E-state index is 6.48. The van der Waals surface area contributed by atoms with Crippen LogP contribution in [0, 0.1) is 0 Å². The lowest BCUT2D eigenvalue weighted by molar-refractivity contribution is 0.328. The molecule has 150 valence electrons. The molecule has 0 atom stereocenters. The smallest absolute Gasteiger partial charge is 0.165 e. The lowest BCUT2D eigenvalue weighted by atomic mass is 9.95. The fourth-order valence-electron chi connectivity index (χ4n) is 3.45. The molecule has 0 bridgehead atoms. The molecule has 1 aromatic heterocycles. The Morgan fingerprint density at radius 1 is 1.11 bits per heavy atom. The molecule has 4 rings (SSSR count). The highest BCUT2D eigenvalue weighted by atomic mass is 35.5. The second-order valence-corrected chi connectivity index (χ2v) is 7.04. The van der Waals surface area contributed by atoms with E-state index in [1.807, 2.05) is 25.2 Å². The van der Waals surface area contributed by atoms with Crippen LogP contribution in [-0.4, -0.2) is 27.9 Å². The quantitative estimate of drug-likeness (QED) is 0.616. The highest BCUT2D eigenvalue weighted by molar-refractivity contribution is 6.33. The summed E-state index contributed by atoms with van der Waals surface area (Å²) in [6.07, 6.45) is 2.17. The molecule has 5 nitrogen and oxygen atoms in total. The van der Waals surface area contributed by atoms with E-state index in [0.717, 1.165) is 30.1 Å². The molecule has 1 aliphatic carbocycles. The van der Waals surface area contributed by atoms with Crippen LogP contribution in [0.15, 0.2) is 48.5 Å². The largest absolute Gasteiger partial charge is 0.492 e. The minimum atomic E-state index is -0.0298. The van der Waals surface area contributed by atoms with Gasteiger partial charge in [-0.15, -0.1) is 35.0 Å². The first-order valence-corrected chi connectivity index (χ1v) is 9.12. The van der Waals surface area contributed by atoms with E-state index in [1.54, 1.807) is 6.07 Å². The van der Waals surface area contributed by atoms with Crippen LogP contribution >= 0.6 is 36.4 Å². The summed E-state index contributed by atoms with van der Waals surface area (Å²) < 4.78 is 7.59. The van der Waals surface area contributed by atoms with Gasteiger partial charge in [0.15, 0.2) is 5.82 Å². The van der Waals surface area contributed by atoms with Gasteiger partial charge in [-0.05, 0) is 36.6 Å². The summed E-state index contributed by atoms with van der Waals surface area (Å²) in [7, 11) is 2.00. The molecule has 2 N–H and O–H groups in total. The van der Waals surface area contributed by atoms with Crippen molar-refractivity contribution >= 4 is 36.4 Å². The Morgan fingerprint density at radius 3 is 2.43 bits per heavy atom. The highest BCUT2D eigenvalue weighted by Crippen LogP contribution is 2.53. The van der Waals surface area contributed by atoms with Gasteiger partial charge in [0.2, 0.25) is 0 Å². The second kappa shape index (κ2) is 9.14. The van der Waals surface area contributed by atoms with Gasteiger partial charge in [-0.25, -0.2) is 0 Å². The van der Waals surface area contributed by atoms with Crippen molar-refractivity contribution in [2.45, 2.75) is 18.3 Å². The van der Waals surface area contributed by atoms with Crippen molar-refractivity contribution in [3.05, 3.63) is 64.9 Å². The molecule has 1 saturated carbocycles. The minimum Gasteiger partial charge on any atom is -0.492 e. The van der Waals surface area contributed by atoms with Crippen LogP contribution in [0.1, 0.15) is 24.2 Å². The molecular weight excluding hydrogens is 419 g/mol. The van der Waals surface area contributed by atoms with Crippen molar-refractivity contribution in [2.75, 3.05) is 13.2 Å². The topological polar surface area (TPSA) is 66.0 Å². The molecule has 0 amide bonds. The van der Waals surface area contributed by atoms with Gasteiger partial charge in [0.05, 0.1) is 10.4 Å². The van der Waals surface area contributed by atoms with Gasteiger partial charge < -0.3 is 15.0 Å². The van der Waals surface area contributed by atoms with E-state index in [1.165, 1.54) is 5.56 Å². The van der Waals surface area contributed by atoms with Crippen LogP contribution in [0.4, 0.5) is 0 Å². The fraction of sp³-hybridized carbons (Fsp3) is 0.300. The normalized spacial score (nSPS) is 14.0. The van der Waals surface area contributed by atoms with E-state index in [9.17, 15) is 0 Å². The van der Waals surface area contributed by atoms with Crippen LogP contribution in [0.2, 0.25) is 5.02 Å². The number of halogens is 3. The summed E-state index contributed by atoms with van der Waals surface area (Å²) in [4.78, 5) is 0. The summed E-state index contributed by atoms with van der Waals surface area (Å²) in [5.41, 5.74) is 7.58. The Bertz CT molecular complexity index is 926. The van der Waals surface area contributed by atoms with Gasteiger partial charge in [-0.3, -0.25) is 0 Å². The van der Waals surface area contributed by atoms with E-state index in [-0.39, 0.29) is 30.2 Å². The van der Waals surface area contributed by atoms with Crippen LogP contribution in [0.5, 0.6) is 5.75 Å². The van der Waals surface area contributed by atoms with Gasteiger partial charge in [0.25, 0.3) is 0 Å². The standard InChI is InChI=1S/C20H21ClN4O.2ClH/c1-25-18(16-8-7-15(13-17(16)21)26-12-11-22)23-24-19(25)20(9-10-20)14-5-3-2-4-6-14;;/h2-8,13H,9-12,22H2,1H3;2*1H. The molecule has 0 aliphatic heterocycles. The second-order valence-electron chi connectivity index (χ2n) is 6.63. The van der Waals surface area contributed by atoms with Crippen molar-refractivity contribution in [3.8, 4) is 17.1 Å². The number of rotatable bonds is 6. The zero-order valence-electron chi connectivity index (χ0n) is 15.5. The maximum absolute atomic E-state index is 6.48. The zero-order chi connectivity index (χ0) is 18.1. The highest BCUT2D eigenvalue weighted by Gasteiger charge is 2.49. The van der Waals surface area contributed by atoms with E-state index < -0.39 is 0 Å². The molecule has 1 fully saturated rings. The lowest BCUT2D eigenvalue weighted by Crippen LogP contribution is -2.15. The molecule has 0 spiro atoms. The Hall–Kier alpha value is -1.79. The number of nitrogens with two attached hydrogens (primary N) is 1. The Labute approximate surface area is 182 Å². The Morgan fingerprint density at radius 2 is 1.82 bits per heavy atom. The molecule has 0 saturated heterocycles. The number of benzene rings is 2. The first-order chi connectivity index (χ1) is 12.7. The molecule has 8 heteroatoms. The first-order valence-electron chi connectivity index (χ1n) is 8.74. The van der Waals surface area contributed by atoms with Gasteiger partial charge in [0, 0.05) is 19.2 Å². The van der Waals surface area contributed by atoms with E-state index >= 15 is 0 Å². The monoisotopic (exact) mass is 440 g/mol. The third-order valence-corrected chi connectivity index (χ3v) is 5.26. The minimum absolute atomic E-state index is 0. The van der Waals surface area contributed by atoms with Crippen molar-refractivity contribution < 1.29 is 4.74 Å². The van der Waals surface area contributed by atoms with Crippen LogP contribution in [0.3, 0.4) is 0 Å². The van der Waals surface area contributed by atoms with Gasteiger partial charge in [0.1, 0.15) is 18.2 Å². The zero-order valence-corrected chi connectivity index (χ0v) is 17.9. The van der Waals surface area contributed by atoms with E-state index in [0.29, 0.717) is 23.9 Å². The molecule has 28 heavy (non-hydrogen) atoms.